The Morgan fingerprint density at radius 1 is 0.558 bits per heavy atom. The number of aromatic nitrogens is 4. The monoisotopic (exact) mass is 702 g/mol. The fourth-order valence-corrected chi connectivity index (χ4v) is 9.80. The third-order valence-electron chi connectivity index (χ3n) is 9.78. The minimum atomic E-state index is 0.653. The predicted octanol–water partition coefficient (Wildman–Crippen LogP) is 13.1. The van der Waals surface area contributed by atoms with E-state index in [1.165, 1.54) is 57.8 Å². The first-order chi connectivity index (χ1) is 25.7. The molecule has 0 aliphatic carbocycles. The lowest BCUT2D eigenvalue weighted by molar-refractivity contribution is 1.03. The van der Waals surface area contributed by atoms with Crippen LogP contribution < -0.4 is 0 Å². The van der Waals surface area contributed by atoms with Gasteiger partial charge in [-0.2, -0.15) is 0 Å². The normalized spacial score (nSPS) is 12.1. The smallest absolute Gasteiger partial charge is 0.164 e. The molecule has 6 heteroatoms. The number of fused-ring (bicyclic) bond motifs is 8. The molecule has 4 heterocycles. The van der Waals surface area contributed by atoms with Gasteiger partial charge in [-0.1, -0.05) is 116 Å². The van der Waals surface area contributed by atoms with E-state index in [4.69, 9.17) is 15.0 Å². The van der Waals surface area contributed by atoms with Gasteiger partial charge >= 0.3 is 0 Å². The molecule has 52 heavy (non-hydrogen) atoms. The van der Waals surface area contributed by atoms with Crippen LogP contribution in [0.3, 0.4) is 0 Å². The van der Waals surface area contributed by atoms with Crippen LogP contribution in [0.1, 0.15) is 23.2 Å². The fraction of sp³-hybridized carbons (Fsp3) is 0.0217. The van der Waals surface area contributed by atoms with E-state index >= 15 is 0 Å². The first-order valence-electron chi connectivity index (χ1n) is 17.2. The zero-order valence-corrected chi connectivity index (χ0v) is 29.9. The lowest BCUT2D eigenvalue weighted by Gasteiger charge is -2.11. The SMILES string of the molecule is C=Cc1c(/C=C(\C)c2nc(-c3ccccc3)nc(-c3ccccc3)n2)sc2ccc3sc4cccc(-n5c6ccccc6c6ccccc65)c4c3c12. The second kappa shape index (κ2) is 12.2. The molecule has 0 atom stereocenters. The van der Waals surface area contributed by atoms with Crippen molar-refractivity contribution in [2.24, 2.45) is 0 Å². The molecule has 4 aromatic heterocycles. The number of nitrogens with zero attached hydrogens (tertiary/aromatic N) is 4. The minimum Gasteiger partial charge on any atom is -0.309 e. The molecule has 0 saturated heterocycles. The average molecular weight is 703 g/mol. The number of hydrogen-bond donors (Lipinski definition) is 0. The van der Waals surface area contributed by atoms with Crippen molar-refractivity contribution in [2.75, 3.05) is 0 Å². The number of hydrogen-bond acceptors (Lipinski definition) is 5. The second-order valence-electron chi connectivity index (χ2n) is 12.9. The van der Waals surface area contributed by atoms with Crippen LogP contribution >= 0.6 is 22.7 Å². The Labute approximate surface area is 308 Å². The van der Waals surface area contributed by atoms with Crippen LogP contribution in [0.4, 0.5) is 0 Å². The van der Waals surface area contributed by atoms with Crippen LogP contribution in [0, 0.1) is 0 Å². The van der Waals surface area contributed by atoms with Gasteiger partial charge in [-0.15, -0.1) is 22.7 Å². The van der Waals surface area contributed by atoms with Crippen molar-refractivity contribution < 1.29 is 0 Å². The number of benzene rings is 6. The molecule has 10 aromatic rings. The van der Waals surface area contributed by atoms with Gasteiger partial charge in [0.15, 0.2) is 17.5 Å². The van der Waals surface area contributed by atoms with Gasteiger partial charge in [0.05, 0.1) is 16.7 Å². The first-order valence-corrected chi connectivity index (χ1v) is 18.9. The quantitative estimate of drug-likeness (QED) is 0.173. The highest BCUT2D eigenvalue weighted by Crippen LogP contribution is 2.47. The van der Waals surface area contributed by atoms with Gasteiger partial charge in [0, 0.05) is 62.6 Å². The standard InChI is InChI=1S/C46H30N4S2/c1-3-31-40(27-28(2)44-47-45(29-15-6-4-7-16-29)49-46(48-44)30-17-8-5-9-18-30)52-38-25-26-39-43(41(31)38)42-36(23-14-24-37(42)51-39)50-34-21-12-10-19-32(34)33-20-11-13-22-35(33)50/h3-27H,1H2,2H3/b28-27+. The lowest BCUT2D eigenvalue weighted by Crippen LogP contribution is -2.01. The molecule has 0 radical (unpaired) electrons. The van der Waals surface area contributed by atoms with E-state index in [0.717, 1.165) is 27.1 Å². The summed E-state index contributed by atoms with van der Waals surface area (Å²) in [5.74, 6) is 1.96. The van der Waals surface area contributed by atoms with Gasteiger partial charge in [-0.3, -0.25) is 0 Å². The molecule has 4 nitrogen and oxygen atoms in total. The Bertz CT molecular complexity index is 2930. The van der Waals surface area contributed by atoms with E-state index in [1.807, 2.05) is 78.1 Å². The maximum absolute atomic E-state index is 4.99. The highest BCUT2D eigenvalue weighted by Gasteiger charge is 2.21. The molecule has 0 bridgehead atoms. The summed E-state index contributed by atoms with van der Waals surface area (Å²) in [4.78, 5) is 16.0. The molecule has 0 N–H and O–H groups in total. The fourth-order valence-electron chi connectivity index (χ4n) is 7.45. The molecular formula is C46H30N4S2. The van der Waals surface area contributed by atoms with Gasteiger partial charge in [-0.05, 0) is 55.0 Å². The molecule has 246 valence electrons. The molecule has 6 aromatic carbocycles. The third-order valence-corrected chi connectivity index (χ3v) is 12.0. The van der Waals surface area contributed by atoms with E-state index < -0.39 is 0 Å². The van der Waals surface area contributed by atoms with E-state index in [0.29, 0.717) is 17.5 Å². The molecule has 0 unspecified atom stereocenters. The van der Waals surface area contributed by atoms with Gasteiger partial charge in [-0.25, -0.2) is 15.0 Å². The Kier molecular flexibility index (Phi) is 7.20. The Morgan fingerprint density at radius 3 is 1.73 bits per heavy atom. The summed E-state index contributed by atoms with van der Waals surface area (Å²) in [6.07, 6.45) is 4.23. The summed E-state index contributed by atoms with van der Waals surface area (Å²) in [6.45, 7) is 6.45. The van der Waals surface area contributed by atoms with Gasteiger partial charge in [0.1, 0.15) is 0 Å². The maximum atomic E-state index is 4.99. The van der Waals surface area contributed by atoms with Crippen molar-refractivity contribution in [1.29, 1.82) is 0 Å². The Morgan fingerprint density at radius 2 is 1.12 bits per heavy atom. The van der Waals surface area contributed by atoms with Crippen LogP contribution in [0.15, 0.2) is 146 Å². The summed E-state index contributed by atoms with van der Waals surface area (Å²) in [7, 11) is 0. The van der Waals surface area contributed by atoms with Gasteiger partial charge in [0.25, 0.3) is 0 Å². The lowest BCUT2D eigenvalue weighted by atomic mass is 10.0. The van der Waals surface area contributed by atoms with Crippen LogP contribution in [0.2, 0.25) is 0 Å². The third kappa shape index (κ3) is 4.83. The molecule has 0 spiro atoms. The topological polar surface area (TPSA) is 43.6 Å². The van der Waals surface area contributed by atoms with Crippen LogP contribution in [-0.2, 0) is 0 Å². The van der Waals surface area contributed by atoms with E-state index in [1.54, 1.807) is 11.3 Å². The van der Waals surface area contributed by atoms with Crippen molar-refractivity contribution in [3.8, 4) is 28.5 Å². The molecule has 10 rings (SSSR count). The van der Waals surface area contributed by atoms with E-state index in [-0.39, 0.29) is 0 Å². The van der Waals surface area contributed by atoms with Crippen LogP contribution in [-0.4, -0.2) is 19.5 Å². The van der Waals surface area contributed by atoms with E-state index in [2.05, 4.69) is 103 Å². The van der Waals surface area contributed by atoms with Crippen molar-refractivity contribution in [3.63, 3.8) is 0 Å². The van der Waals surface area contributed by atoms with Crippen molar-refractivity contribution in [1.82, 2.24) is 19.5 Å². The largest absolute Gasteiger partial charge is 0.309 e. The summed E-state index contributed by atoms with van der Waals surface area (Å²) < 4.78 is 6.20. The second-order valence-corrected chi connectivity index (χ2v) is 15.1. The molecular weight excluding hydrogens is 673 g/mol. The predicted molar refractivity (Wildman–Crippen MR) is 223 cm³/mol. The van der Waals surface area contributed by atoms with Crippen LogP contribution in [0.25, 0.3) is 98.3 Å². The Hall–Kier alpha value is -6.21. The zero-order chi connectivity index (χ0) is 34.8. The molecule has 0 saturated carbocycles. The minimum absolute atomic E-state index is 0.653. The highest BCUT2D eigenvalue weighted by molar-refractivity contribution is 7.26. The summed E-state index contributed by atoms with van der Waals surface area (Å²) in [5, 5.41) is 6.30. The van der Waals surface area contributed by atoms with Crippen molar-refractivity contribution >= 4 is 92.5 Å². The molecule has 0 amide bonds. The molecule has 0 fully saturated rings. The highest BCUT2D eigenvalue weighted by atomic mass is 32.1. The number of allylic oxidation sites excluding steroid dienone is 1. The summed E-state index contributed by atoms with van der Waals surface area (Å²) >= 11 is 3.64. The number of para-hydroxylation sites is 2. The van der Waals surface area contributed by atoms with Crippen LogP contribution in [0.5, 0.6) is 0 Å². The van der Waals surface area contributed by atoms with Gasteiger partial charge in [0.2, 0.25) is 0 Å². The molecule has 0 aliphatic heterocycles. The van der Waals surface area contributed by atoms with Crippen molar-refractivity contribution in [2.45, 2.75) is 6.92 Å². The van der Waals surface area contributed by atoms with Crippen molar-refractivity contribution in [3.05, 3.63) is 162 Å². The average Bonchev–Trinajstić information content (AvgIpc) is 3.87. The summed E-state index contributed by atoms with van der Waals surface area (Å²) in [5.41, 5.74) is 7.60. The summed E-state index contributed by atoms with van der Waals surface area (Å²) in [6, 6.07) is 48.9. The van der Waals surface area contributed by atoms with E-state index in [9.17, 15) is 0 Å². The zero-order valence-electron chi connectivity index (χ0n) is 28.2. The Balaban J connectivity index is 1.20. The molecule has 0 aliphatic rings. The first kappa shape index (κ1) is 30.6. The van der Waals surface area contributed by atoms with Gasteiger partial charge < -0.3 is 4.57 Å². The maximum Gasteiger partial charge on any atom is 0.164 e. The number of thiophene rings is 2. The number of rotatable bonds is 6.